The zero-order chi connectivity index (χ0) is 29.3. The number of nitrogens with zero attached hydrogens (tertiary/aromatic N) is 3. The van der Waals surface area contributed by atoms with Crippen molar-refractivity contribution in [2.75, 3.05) is 25.5 Å². The van der Waals surface area contributed by atoms with Gasteiger partial charge in [-0.05, 0) is 67.9 Å². The molecule has 1 aromatic carbocycles. The third-order valence-electron chi connectivity index (χ3n) is 5.41. The van der Waals surface area contributed by atoms with Gasteiger partial charge < -0.3 is 15.7 Å². The van der Waals surface area contributed by atoms with Crippen LogP contribution in [0.4, 0.5) is 5.82 Å². The number of aliphatic hydroxyl groups is 1. The molecule has 0 bridgehead atoms. The molecule has 0 saturated carbocycles. The molecule has 8 heteroatoms. The van der Waals surface area contributed by atoms with E-state index < -0.39 is 9.39 Å². The maximum atomic E-state index is 8.24. The number of rotatable bonds is 10. The highest BCUT2D eigenvalue weighted by atomic mass is 79.9. The van der Waals surface area contributed by atoms with Gasteiger partial charge in [0.05, 0.1) is 22.8 Å². The zero-order valence-electron chi connectivity index (χ0n) is 23.9. The highest BCUT2D eigenvalue weighted by Crippen LogP contribution is 2.35. The number of halogens is 1. The molecular weight excluding hydrogens is 558 g/mol. The lowest BCUT2D eigenvalue weighted by Crippen LogP contribution is -2.31. The molecule has 2 atom stereocenters. The number of hydrogen-bond donors (Lipinski definition) is 3. The van der Waals surface area contributed by atoms with E-state index in [2.05, 4.69) is 118 Å². The van der Waals surface area contributed by atoms with Crippen LogP contribution < -0.4 is 10.6 Å². The SMILES string of the molecule is C=C.C=CC(C)O.C=CCC1C=C(NCCCN(C)S(=C)(=C)c2ccc(C)cc2)n2ncc(Br)c2N1.CC. The number of benzene rings is 1. The van der Waals surface area contributed by atoms with Gasteiger partial charge in [-0.2, -0.15) is 5.10 Å². The maximum absolute atomic E-state index is 8.24. The number of aliphatic hydroxyl groups excluding tert-OH is 1. The van der Waals surface area contributed by atoms with Crippen LogP contribution in [0, 0.1) is 6.92 Å². The molecule has 0 aliphatic carbocycles. The predicted octanol–water partition coefficient (Wildman–Crippen LogP) is 7.06. The molecule has 6 nitrogen and oxygen atoms in total. The van der Waals surface area contributed by atoms with Gasteiger partial charge in [0, 0.05) is 18.0 Å². The molecule has 3 N–H and O–H groups in total. The third-order valence-corrected chi connectivity index (χ3v) is 8.51. The molecule has 38 heavy (non-hydrogen) atoms. The van der Waals surface area contributed by atoms with Crippen LogP contribution in [0.15, 0.2) is 84.4 Å². The largest absolute Gasteiger partial charge is 0.389 e. The molecule has 0 saturated heterocycles. The fourth-order valence-electron chi connectivity index (χ4n) is 3.22. The van der Waals surface area contributed by atoms with Crippen molar-refractivity contribution in [3.05, 3.63) is 85.0 Å². The van der Waals surface area contributed by atoms with Gasteiger partial charge in [0.25, 0.3) is 0 Å². The van der Waals surface area contributed by atoms with Crippen LogP contribution in [0.5, 0.6) is 0 Å². The number of aryl methyl sites for hydroxylation is 1. The number of anilines is 1. The van der Waals surface area contributed by atoms with E-state index >= 15 is 0 Å². The Morgan fingerprint density at radius 2 is 1.82 bits per heavy atom. The Labute approximate surface area is 240 Å². The zero-order valence-corrected chi connectivity index (χ0v) is 26.3. The van der Waals surface area contributed by atoms with Crippen molar-refractivity contribution in [2.24, 2.45) is 0 Å². The minimum atomic E-state index is -1.48. The van der Waals surface area contributed by atoms with E-state index in [1.165, 1.54) is 16.5 Å². The molecule has 2 heterocycles. The lowest BCUT2D eigenvalue weighted by atomic mass is 10.1. The Bertz CT molecular complexity index is 1100. The standard InChI is InChI=1S/C22H30BrN5S.C4H8O.C2H6.C2H4/c1-6-8-18-15-21(28-22(26-18)20(23)16-25-28)24-13-7-14-27(3)29(4,5)19-11-9-17(2)10-12-19;1-3-4(2)5;2*1-2/h6,9-12,15-16,18,24,26H,1,4-5,7-8,13-14H2,2-3H3;3-5H,1H2,2H3;1-2H3;1-2H2. The normalized spacial score (nSPS) is 14.4. The second-order valence-electron chi connectivity index (χ2n) is 8.34. The van der Waals surface area contributed by atoms with Crippen molar-refractivity contribution in [3.8, 4) is 0 Å². The van der Waals surface area contributed by atoms with Gasteiger partial charge in [0.1, 0.15) is 11.6 Å². The van der Waals surface area contributed by atoms with Crippen LogP contribution in [0.25, 0.3) is 5.82 Å². The molecule has 3 rings (SSSR count). The summed E-state index contributed by atoms with van der Waals surface area (Å²) in [6.07, 6.45) is 8.87. The predicted molar refractivity (Wildman–Crippen MR) is 177 cm³/mol. The van der Waals surface area contributed by atoms with Crippen LogP contribution >= 0.6 is 25.3 Å². The van der Waals surface area contributed by atoms with E-state index in [-0.39, 0.29) is 12.1 Å². The number of fused-ring (bicyclic) bond motifs is 1. The highest BCUT2D eigenvalue weighted by Gasteiger charge is 2.21. The average molecular weight is 607 g/mol. The molecule has 0 fully saturated rings. The summed E-state index contributed by atoms with van der Waals surface area (Å²) in [4.78, 5) is 1.21. The van der Waals surface area contributed by atoms with E-state index in [0.717, 1.165) is 42.0 Å². The first kappa shape index (κ1) is 35.5. The van der Waals surface area contributed by atoms with Crippen LogP contribution in [-0.2, 0) is 0 Å². The molecule has 1 aliphatic heterocycles. The summed E-state index contributed by atoms with van der Waals surface area (Å²) < 4.78 is 5.14. The fourth-order valence-corrected chi connectivity index (χ4v) is 5.08. The average Bonchev–Trinajstić information content (AvgIpc) is 3.30. The van der Waals surface area contributed by atoms with Gasteiger partial charge in [-0.15, -0.1) is 35.7 Å². The van der Waals surface area contributed by atoms with Crippen molar-refractivity contribution in [1.82, 2.24) is 19.4 Å². The quantitative estimate of drug-likeness (QED) is 0.154. The monoisotopic (exact) mass is 605 g/mol. The van der Waals surface area contributed by atoms with Crippen molar-refractivity contribution in [1.29, 1.82) is 0 Å². The summed E-state index contributed by atoms with van der Waals surface area (Å²) in [6.45, 7) is 22.7. The van der Waals surface area contributed by atoms with Crippen LogP contribution in [0.1, 0.15) is 39.2 Å². The lowest BCUT2D eigenvalue weighted by molar-refractivity contribution is 0.244. The Morgan fingerprint density at radius 3 is 2.34 bits per heavy atom. The van der Waals surface area contributed by atoms with Crippen molar-refractivity contribution in [2.45, 2.75) is 57.6 Å². The molecule has 2 aromatic rings. The molecule has 1 aromatic heterocycles. The molecule has 0 spiro atoms. The van der Waals surface area contributed by atoms with Crippen molar-refractivity contribution >= 4 is 48.7 Å². The van der Waals surface area contributed by atoms with Gasteiger partial charge in [-0.1, -0.05) is 55.4 Å². The van der Waals surface area contributed by atoms with Crippen LogP contribution in [-0.4, -0.2) is 63.2 Å². The van der Waals surface area contributed by atoms with E-state index in [0.29, 0.717) is 0 Å². The first-order valence-corrected chi connectivity index (χ1v) is 15.5. The summed E-state index contributed by atoms with van der Waals surface area (Å²) in [7, 11) is 0.637. The van der Waals surface area contributed by atoms with E-state index in [1.807, 2.05) is 30.8 Å². The third kappa shape index (κ3) is 11.1. The molecule has 2 unspecified atom stereocenters. The van der Waals surface area contributed by atoms with Gasteiger partial charge in [-0.25, -0.2) is 4.68 Å². The number of aromatic nitrogens is 2. The Morgan fingerprint density at radius 1 is 1.24 bits per heavy atom. The Kier molecular flexibility index (Phi) is 17.4. The van der Waals surface area contributed by atoms with E-state index in [4.69, 9.17) is 5.11 Å². The van der Waals surface area contributed by atoms with Gasteiger partial charge in [-0.3, -0.25) is 4.31 Å². The van der Waals surface area contributed by atoms with Gasteiger partial charge in [0.15, 0.2) is 0 Å². The summed E-state index contributed by atoms with van der Waals surface area (Å²) >= 11 is 3.56. The maximum Gasteiger partial charge on any atom is 0.146 e. The van der Waals surface area contributed by atoms with Crippen molar-refractivity contribution in [3.63, 3.8) is 0 Å². The van der Waals surface area contributed by atoms with Crippen LogP contribution in [0.2, 0.25) is 0 Å². The Hall–Kier alpha value is -2.52. The summed E-state index contributed by atoms with van der Waals surface area (Å²) in [5, 5.41) is 19.7. The van der Waals surface area contributed by atoms with Gasteiger partial charge in [0.2, 0.25) is 0 Å². The molecule has 212 valence electrons. The van der Waals surface area contributed by atoms with E-state index in [9.17, 15) is 0 Å². The Balaban J connectivity index is 0.00000134. The summed E-state index contributed by atoms with van der Waals surface area (Å²) in [6, 6.07) is 8.76. The first-order valence-electron chi connectivity index (χ1n) is 12.7. The summed E-state index contributed by atoms with van der Waals surface area (Å²) in [5.74, 6) is 10.8. The minimum Gasteiger partial charge on any atom is -0.389 e. The number of nitrogens with one attached hydrogen (secondary N) is 2. The van der Waals surface area contributed by atoms with E-state index in [1.54, 1.807) is 6.92 Å². The fraction of sp³-hybridized carbons (Fsp3) is 0.367. The molecule has 0 radical (unpaired) electrons. The van der Waals surface area contributed by atoms with Crippen LogP contribution in [0.3, 0.4) is 0 Å². The lowest BCUT2D eigenvalue weighted by Gasteiger charge is -2.28. The molecular formula is C30H48BrN5OS. The summed E-state index contributed by atoms with van der Waals surface area (Å²) in [5.41, 5.74) is 1.26. The number of hydrogen-bond acceptors (Lipinski definition) is 5. The van der Waals surface area contributed by atoms with Gasteiger partial charge >= 0.3 is 0 Å². The molecule has 0 amide bonds. The molecule has 1 aliphatic rings. The second-order valence-corrected chi connectivity index (χ2v) is 12.0. The topological polar surface area (TPSA) is 65.3 Å². The minimum absolute atomic E-state index is 0.205. The second kappa shape index (κ2) is 18.7. The highest BCUT2D eigenvalue weighted by molar-refractivity contribution is 9.10. The van der Waals surface area contributed by atoms with Crippen molar-refractivity contribution < 1.29 is 5.11 Å². The smallest absolute Gasteiger partial charge is 0.146 e. The first-order chi connectivity index (χ1) is 18.1.